The zero-order chi connectivity index (χ0) is 11.7. The minimum atomic E-state index is 0.516. The van der Waals surface area contributed by atoms with E-state index in [1.165, 1.54) is 16.9 Å². The van der Waals surface area contributed by atoms with Crippen molar-refractivity contribution in [1.82, 2.24) is 15.2 Å². The van der Waals surface area contributed by atoms with Gasteiger partial charge in [-0.05, 0) is 23.8 Å². The molecule has 84 valence electrons. The van der Waals surface area contributed by atoms with Crippen LogP contribution in [0.4, 0.5) is 5.13 Å². The zero-order valence-corrected chi connectivity index (χ0v) is 9.81. The molecule has 2 heterocycles. The highest BCUT2D eigenvalue weighted by Gasteiger charge is 2.03. The van der Waals surface area contributed by atoms with E-state index in [2.05, 4.69) is 33.4 Å². The molecule has 0 radical (unpaired) electrons. The van der Waals surface area contributed by atoms with Crippen LogP contribution in [0, 0.1) is 0 Å². The molecular formula is C12H10N4S. The maximum absolute atomic E-state index is 5.56. The SMILES string of the molecule is Nc1nnc(Cc2ccc3ncccc3c2)s1. The monoisotopic (exact) mass is 242 g/mol. The van der Waals surface area contributed by atoms with Gasteiger partial charge in [-0.15, -0.1) is 10.2 Å². The average Bonchev–Trinajstić information content (AvgIpc) is 2.75. The van der Waals surface area contributed by atoms with Crippen LogP contribution < -0.4 is 5.73 Å². The van der Waals surface area contributed by atoms with Crippen LogP contribution in [0.2, 0.25) is 0 Å². The van der Waals surface area contributed by atoms with Gasteiger partial charge in [0, 0.05) is 18.0 Å². The van der Waals surface area contributed by atoms with Gasteiger partial charge in [0.2, 0.25) is 5.13 Å². The smallest absolute Gasteiger partial charge is 0.203 e. The van der Waals surface area contributed by atoms with Crippen LogP contribution in [0.5, 0.6) is 0 Å². The summed E-state index contributed by atoms with van der Waals surface area (Å²) in [6, 6.07) is 10.2. The summed E-state index contributed by atoms with van der Waals surface area (Å²) in [7, 11) is 0. The van der Waals surface area contributed by atoms with Gasteiger partial charge in [-0.25, -0.2) is 0 Å². The second-order valence-electron chi connectivity index (χ2n) is 3.74. The van der Waals surface area contributed by atoms with Crippen molar-refractivity contribution in [2.24, 2.45) is 0 Å². The van der Waals surface area contributed by atoms with Crippen molar-refractivity contribution in [2.75, 3.05) is 5.73 Å². The number of hydrogen-bond donors (Lipinski definition) is 1. The maximum Gasteiger partial charge on any atom is 0.203 e. The van der Waals surface area contributed by atoms with Crippen LogP contribution in [0.15, 0.2) is 36.5 Å². The summed E-state index contributed by atoms with van der Waals surface area (Å²) in [6.45, 7) is 0. The van der Waals surface area contributed by atoms with Crippen LogP contribution in [0.25, 0.3) is 10.9 Å². The van der Waals surface area contributed by atoms with Crippen molar-refractivity contribution in [3.63, 3.8) is 0 Å². The van der Waals surface area contributed by atoms with E-state index in [0.29, 0.717) is 5.13 Å². The number of nitrogen functional groups attached to an aromatic ring is 1. The Bertz CT molecular complexity index is 662. The number of aromatic nitrogens is 3. The maximum atomic E-state index is 5.56. The largest absolute Gasteiger partial charge is 0.374 e. The third kappa shape index (κ3) is 2.09. The van der Waals surface area contributed by atoms with Gasteiger partial charge in [-0.3, -0.25) is 4.98 Å². The highest BCUT2D eigenvalue weighted by atomic mass is 32.1. The lowest BCUT2D eigenvalue weighted by atomic mass is 10.1. The molecule has 2 N–H and O–H groups in total. The van der Waals surface area contributed by atoms with Crippen molar-refractivity contribution in [1.29, 1.82) is 0 Å². The number of nitrogens with zero attached hydrogens (tertiary/aromatic N) is 3. The lowest BCUT2D eigenvalue weighted by Crippen LogP contribution is -1.88. The van der Waals surface area contributed by atoms with E-state index in [9.17, 15) is 0 Å². The van der Waals surface area contributed by atoms with Crippen molar-refractivity contribution in [2.45, 2.75) is 6.42 Å². The predicted molar refractivity (Wildman–Crippen MR) is 68.9 cm³/mol. The van der Waals surface area contributed by atoms with Crippen LogP contribution in [-0.2, 0) is 6.42 Å². The van der Waals surface area contributed by atoms with Crippen molar-refractivity contribution < 1.29 is 0 Å². The second kappa shape index (κ2) is 4.10. The first-order valence-electron chi connectivity index (χ1n) is 5.23. The van der Waals surface area contributed by atoms with Crippen molar-refractivity contribution in [3.05, 3.63) is 47.1 Å². The Balaban J connectivity index is 1.95. The van der Waals surface area contributed by atoms with Gasteiger partial charge >= 0.3 is 0 Å². The Hall–Kier alpha value is -2.01. The van der Waals surface area contributed by atoms with E-state index >= 15 is 0 Å². The molecule has 0 unspecified atom stereocenters. The fourth-order valence-corrected chi connectivity index (χ4v) is 2.39. The van der Waals surface area contributed by atoms with Gasteiger partial charge < -0.3 is 5.73 Å². The van der Waals surface area contributed by atoms with Gasteiger partial charge in [-0.2, -0.15) is 0 Å². The Labute approximate surface area is 102 Å². The molecule has 5 heteroatoms. The number of hydrogen-bond acceptors (Lipinski definition) is 5. The Morgan fingerprint density at radius 2 is 2.12 bits per heavy atom. The minimum absolute atomic E-state index is 0.516. The quantitative estimate of drug-likeness (QED) is 0.748. The van der Waals surface area contributed by atoms with E-state index in [1.54, 1.807) is 6.20 Å². The highest BCUT2D eigenvalue weighted by molar-refractivity contribution is 7.15. The molecule has 0 saturated carbocycles. The fourth-order valence-electron chi connectivity index (χ4n) is 1.75. The molecule has 0 saturated heterocycles. The van der Waals surface area contributed by atoms with Gasteiger partial charge in [0.25, 0.3) is 0 Å². The fraction of sp³-hybridized carbons (Fsp3) is 0.0833. The molecule has 17 heavy (non-hydrogen) atoms. The first kappa shape index (κ1) is 10.2. The number of benzene rings is 1. The number of fused-ring (bicyclic) bond motifs is 1. The summed E-state index contributed by atoms with van der Waals surface area (Å²) < 4.78 is 0. The third-order valence-corrected chi connectivity index (χ3v) is 3.26. The number of nitrogens with two attached hydrogens (primary N) is 1. The van der Waals surface area contributed by atoms with Crippen molar-refractivity contribution in [3.8, 4) is 0 Å². The molecule has 0 bridgehead atoms. The molecule has 0 atom stereocenters. The van der Waals surface area contributed by atoms with Crippen LogP contribution in [0.3, 0.4) is 0 Å². The molecule has 3 aromatic rings. The molecule has 0 amide bonds. The van der Waals surface area contributed by atoms with Gasteiger partial charge in [0.1, 0.15) is 5.01 Å². The first-order chi connectivity index (χ1) is 8.31. The third-order valence-electron chi connectivity index (χ3n) is 2.51. The zero-order valence-electron chi connectivity index (χ0n) is 9.00. The molecule has 0 fully saturated rings. The van der Waals surface area contributed by atoms with E-state index < -0.39 is 0 Å². The summed E-state index contributed by atoms with van der Waals surface area (Å²) in [4.78, 5) is 4.29. The second-order valence-corrected chi connectivity index (χ2v) is 4.83. The molecule has 3 rings (SSSR count). The number of pyridine rings is 1. The molecule has 1 aromatic carbocycles. The summed E-state index contributed by atoms with van der Waals surface area (Å²) in [5.41, 5.74) is 7.76. The van der Waals surface area contributed by atoms with Gasteiger partial charge in [-0.1, -0.05) is 23.5 Å². The van der Waals surface area contributed by atoms with E-state index in [0.717, 1.165) is 22.3 Å². The van der Waals surface area contributed by atoms with E-state index in [1.807, 2.05) is 12.1 Å². The van der Waals surface area contributed by atoms with Crippen LogP contribution in [0.1, 0.15) is 10.6 Å². The molecule has 2 aromatic heterocycles. The summed E-state index contributed by atoms with van der Waals surface area (Å²) in [5, 5.41) is 10.4. The van der Waals surface area contributed by atoms with Crippen LogP contribution in [-0.4, -0.2) is 15.2 Å². The lowest BCUT2D eigenvalue weighted by Gasteiger charge is -2.00. The summed E-state index contributed by atoms with van der Waals surface area (Å²) >= 11 is 1.43. The number of anilines is 1. The molecule has 0 spiro atoms. The topological polar surface area (TPSA) is 64.7 Å². The van der Waals surface area contributed by atoms with E-state index in [4.69, 9.17) is 5.73 Å². The molecule has 0 aliphatic carbocycles. The average molecular weight is 242 g/mol. The minimum Gasteiger partial charge on any atom is -0.374 e. The van der Waals surface area contributed by atoms with E-state index in [-0.39, 0.29) is 0 Å². The predicted octanol–water partition coefficient (Wildman–Crippen LogP) is 2.26. The standard InChI is InChI=1S/C12H10N4S/c13-12-16-15-11(17-12)7-8-3-4-10-9(6-8)2-1-5-14-10/h1-6H,7H2,(H2,13,16). The van der Waals surface area contributed by atoms with Crippen LogP contribution >= 0.6 is 11.3 Å². The lowest BCUT2D eigenvalue weighted by molar-refractivity contribution is 1.01. The molecule has 4 nitrogen and oxygen atoms in total. The molecule has 0 aliphatic heterocycles. The summed E-state index contributed by atoms with van der Waals surface area (Å²) in [5.74, 6) is 0. The normalized spacial score (nSPS) is 10.8. The number of rotatable bonds is 2. The Kier molecular flexibility index (Phi) is 2.45. The van der Waals surface area contributed by atoms with Gasteiger partial charge in [0.05, 0.1) is 5.52 Å². The Morgan fingerprint density at radius 1 is 1.18 bits per heavy atom. The molecule has 0 aliphatic rings. The van der Waals surface area contributed by atoms with Gasteiger partial charge in [0.15, 0.2) is 0 Å². The first-order valence-corrected chi connectivity index (χ1v) is 6.04. The molecular weight excluding hydrogens is 232 g/mol. The van der Waals surface area contributed by atoms with Crippen molar-refractivity contribution >= 4 is 27.4 Å². The Morgan fingerprint density at radius 3 is 2.94 bits per heavy atom. The summed E-state index contributed by atoms with van der Waals surface area (Å²) in [6.07, 6.45) is 2.56. The highest BCUT2D eigenvalue weighted by Crippen LogP contribution is 2.19.